The molecule has 0 aliphatic carbocycles. The summed E-state index contributed by atoms with van der Waals surface area (Å²) in [5.74, 6) is 1.01. The van der Waals surface area contributed by atoms with E-state index in [1.807, 2.05) is 6.07 Å². The molecule has 2 aliphatic rings. The summed E-state index contributed by atoms with van der Waals surface area (Å²) in [5.41, 5.74) is 0. The standard InChI is InChI=1S/C13H19BrN2O/c14-10-5-8-17-13(10)9-15-11-4-7-16-6-2-1-3-12(11)16/h5,8,11-12,15H,1-4,6-7,9H2. The number of nitrogens with one attached hydrogen (secondary N) is 1. The van der Waals surface area contributed by atoms with Gasteiger partial charge in [-0.1, -0.05) is 6.42 Å². The van der Waals surface area contributed by atoms with Crippen LogP contribution in [0.15, 0.2) is 21.2 Å². The van der Waals surface area contributed by atoms with E-state index < -0.39 is 0 Å². The Morgan fingerprint density at radius 1 is 1.35 bits per heavy atom. The quantitative estimate of drug-likeness (QED) is 0.930. The van der Waals surface area contributed by atoms with Crippen molar-refractivity contribution in [2.45, 2.75) is 44.3 Å². The molecule has 2 saturated heterocycles. The zero-order valence-electron chi connectivity index (χ0n) is 9.99. The topological polar surface area (TPSA) is 28.4 Å². The fourth-order valence-electron chi connectivity index (χ4n) is 3.16. The Morgan fingerprint density at radius 3 is 3.12 bits per heavy atom. The zero-order valence-corrected chi connectivity index (χ0v) is 11.6. The Morgan fingerprint density at radius 2 is 2.29 bits per heavy atom. The molecule has 1 aromatic rings. The Hall–Kier alpha value is -0.320. The van der Waals surface area contributed by atoms with E-state index >= 15 is 0 Å². The molecule has 0 aromatic carbocycles. The van der Waals surface area contributed by atoms with E-state index in [0.29, 0.717) is 6.04 Å². The van der Waals surface area contributed by atoms with Crippen molar-refractivity contribution < 1.29 is 4.42 Å². The monoisotopic (exact) mass is 298 g/mol. The van der Waals surface area contributed by atoms with Crippen LogP contribution in [0.2, 0.25) is 0 Å². The van der Waals surface area contributed by atoms with Gasteiger partial charge in [0.05, 0.1) is 17.3 Å². The smallest absolute Gasteiger partial charge is 0.131 e. The van der Waals surface area contributed by atoms with E-state index in [2.05, 4.69) is 26.1 Å². The highest BCUT2D eigenvalue weighted by molar-refractivity contribution is 9.10. The van der Waals surface area contributed by atoms with Crippen LogP contribution < -0.4 is 5.32 Å². The van der Waals surface area contributed by atoms with Crippen molar-refractivity contribution in [2.75, 3.05) is 13.1 Å². The van der Waals surface area contributed by atoms with Crippen molar-refractivity contribution in [3.8, 4) is 0 Å². The number of nitrogens with zero attached hydrogens (tertiary/aromatic N) is 1. The highest BCUT2D eigenvalue weighted by atomic mass is 79.9. The first-order valence-corrected chi connectivity index (χ1v) is 7.33. The van der Waals surface area contributed by atoms with Crippen LogP contribution in [0.3, 0.4) is 0 Å². The van der Waals surface area contributed by atoms with Crippen molar-refractivity contribution in [3.05, 3.63) is 22.6 Å². The largest absolute Gasteiger partial charge is 0.467 e. The molecule has 2 unspecified atom stereocenters. The number of furan rings is 1. The highest BCUT2D eigenvalue weighted by Crippen LogP contribution is 2.27. The maximum absolute atomic E-state index is 5.44. The first-order valence-electron chi connectivity index (χ1n) is 6.54. The van der Waals surface area contributed by atoms with Crippen molar-refractivity contribution in [1.82, 2.24) is 10.2 Å². The molecule has 3 heterocycles. The van der Waals surface area contributed by atoms with E-state index in [9.17, 15) is 0 Å². The van der Waals surface area contributed by atoms with Crippen molar-refractivity contribution in [2.24, 2.45) is 0 Å². The summed E-state index contributed by atoms with van der Waals surface area (Å²) in [6, 6.07) is 3.36. The molecule has 0 spiro atoms. The molecule has 17 heavy (non-hydrogen) atoms. The van der Waals surface area contributed by atoms with Crippen molar-refractivity contribution in [3.63, 3.8) is 0 Å². The number of hydrogen-bond acceptors (Lipinski definition) is 3. The second kappa shape index (κ2) is 5.12. The molecule has 1 N–H and O–H groups in total. The molecule has 0 saturated carbocycles. The van der Waals surface area contributed by atoms with E-state index in [0.717, 1.165) is 22.8 Å². The zero-order chi connectivity index (χ0) is 11.7. The van der Waals surface area contributed by atoms with Crippen LogP contribution in [0.25, 0.3) is 0 Å². The van der Waals surface area contributed by atoms with Gasteiger partial charge in [0.1, 0.15) is 5.76 Å². The minimum atomic E-state index is 0.646. The van der Waals surface area contributed by atoms with E-state index in [1.165, 1.54) is 38.8 Å². The molecule has 94 valence electrons. The van der Waals surface area contributed by atoms with E-state index in [4.69, 9.17) is 4.42 Å². The lowest BCUT2D eigenvalue weighted by Crippen LogP contribution is -2.44. The number of rotatable bonds is 3. The summed E-state index contributed by atoms with van der Waals surface area (Å²) < 4.78 is 6.51. The van der Waals surface area contributed by atoms with Crippen molar-refractivity contribution >= 4 is 15.9 Å². The minimum Gasteiger partial charge on any atom is -0.467 e. The molecular weight excluding hydrogens is 280 g/mol. The lowest BCUT2D eigenvalue weighted by atomic mass is 9.99. The molecule has 0 radical (unpaired) electrons. The Labute approximate surface area is 111 Å². The third-order valence-electron chi connectivity index (χ3n) is 4.07. The maximum Gasteiger partial charge on any atom is 0.131 e. The molecule has 0 amide bonds. The van der Waals surface area contributed by atoms with Gasteiger partial charge in [0.25, 0.3) is 0 Å². The fourth-order valence-corrected chi connectivity index (χ4v) is 3.50. The molecular formula is C13H19BrN2O. The second-order valence-electron chi connectivity index (χ2n) is 5.07. The third kappa shape index (κ3) is 2.44. The molecule has 1 aromatic heterocycles. The van der Waals surface area contributed by atoms with E-state index in [1.54, 1.807) is 6.26 Å². The van der Waals surface area contributed by atoms with Gasteiger partial charge in [-0.3, -0.25) is 4.90 Å². The fraction of sp³-hybridized carbons (Fsp3) is 0.692. The number of hydrogen-bond donors (Lipinski definition) is 1. The van der Waals surface area contributed by atoms with Gasteiger partial charge in [0.2, 0.25) is 0 Å². The molecule has 2 aliphatic heterocycles. The predicted octanol–water partition coefficient (Wildman–Crippen LogP) is 2.76. The summed E-state index contributed by atoms with van der Waals surface area (Å²) in [5, 5.41) is 3.66. The Bertz CT molecular complexity index is 379. The van der Waals surface area contributed by atoms with Gasteiger partial charge in [0, 0.05) is 18.6 Å². The first-order chi connectivity index (χ1) is 8.34. The van der Waals surface area contributed by atoms with Gasteiger partial charge < -0.3 is 9.73 Å². The Balaban J connectivity index is 1.57. The highest BCUT2D eigenvalue weighted by Gasteiger charge is 2.35. The van der Waals surface area contributed by atoms with Gasteiger partial charge in [-0.05, 0) is 47.8 Å². The van der Waals surface area contributed by atoms with Crippen LogP contribution in [0.5, 0.6) is 0 Å². The molecule has 3 rings (SSSR count). The van der Waals surface area contributed by atoms with Crippen LogP contribution >= 0.6 is 15.9 Å². The minimum absolute atomic E-state index is 0.646. The van der Waals surface area contributed by atoms with Crippen LogP contribution in [0.1, 0.15) is 31.4 Å². The Kier molecular flexibility index (Phi) is 3.54. The van der Waals surface area contributed by atoms with Crippen LogP contribution in [-0.4, -0.2) is 30.1 Å². The average molecular weight is 299 g/mol. The van der Waals surface area contributed by atoms with Crippen LogP contribution in [0.4, 0.5) is 0 Å². The van der Waals surface area contributed by atoms with Crippen molar-refractivity contribution in [1.29, 1.82) is 0 Å². The lowest BCUT2D eigenvalue weighted by molar-refractivity contribution is 0.179. The lowest BCUT2D eigenvalue weighted by Gasteiger charge is -2.32. The normalized spacial score (nSPS) is 29.5. The first kappa shape index (κ1) is 11.8. The van der Waals surface area contributed by atoms with Gasteiger partial charge in [-0.15, -0.1) is 0 Å². The molecule has 3 nitrogen and oxygen atoms in total. The number of piperidine rings is 1. The average Bonchev–Trinajstić information content (AvgIpc) is 2.93. The summed E-state index contributed by atoms with van der Waals surface area (Å²) >= 11 is 3.50. The SMILES string of the molecule is Brc1ccoc1CNC1CCN2CCCCC12. The molecule has 2 atom stereocenters. The molecule has 2 fully saturated rings. The van der Waals surface area contributed by atoms with Gasteiger partial charge in [0.15, 0.2) is 0 Å². The predicted molar refractivity (Wildman–Crippen MR) is 70.9 cm³/mol. The molecule has 0 bridgehead atoms. The summed E-state index contributed by atoms with van der Waals surface area (Å²) in [6.07, 6.45) is 7.15. The third-order valence-corrected chi connectivity index (χ3v) is 4.78. The summed E-state index contributed by atoms with van der Waals surface area (Å²) in [7, 11) is 0. The summed E-state index contributed by atoms with van der Waals surface area (Å²) in [6.45, 7) is 3.40. The van der Waals surface area contributed by atoms with Gasteiger partial charge in [-0.25, -0.2) is 0 Å². The molecule has 4 heteroatoms. The summed E-state index contributed by atoms with van der Waals surface area (Å²) in [4.78, 5) is 2.65. The maximum atomic E-state index is 5.44. The van der Waals surface area contributed by atoms with Crippen LogP contribution in [0, 0.1) is 0 Å². The second-order valence-corrected chi connectivity index (χ2v) is 5.92. The van der Waals surface area contributed by atoms with Gasteiger partial charge >= 0.3 is 0 Å². The van der Waals surface area contributed by atoms with Gasteiger partial charge in [-0.2, -0.15) is 0 Å². The van der Waals surface area contributed by atoms with E-state index in [-0.39, 0.29) is 0 Å². The number of halogens is 1. The van der Waals surface area contributed by atoms with Crippen LogP contribution in [-0.2, 0) is 6.54 Å². The number of fused-ring (bicyclic) bond motifs is 1.